The van der Waals surface area contributed by atoms with Crippen LogP contribution >= 0.6 is 7.82 Å². The van der Waals surface area contributed by atoms with Crippen LogP contribution in [0.3, 0.4) is 0 Å². The van der Waals surface area contributed by atoms with Crippen LogP contribution in [0.1, 0.15) is 194 Å². The normalized spacial score (nSPS) is 15.1. The zero-order valence-electron chi connectivity index (χ0n) is 35.3. The van der Waals surface area contributed by atoms with Crippen LogP contribution in [0, 0.1) is 0 Å². The summed E-state index contributed by atoms with van der Waals surface area (Å²) in [7, 11) is -4.41. The number of aliphatic hydroxyl groups excluding tert-OH is 2. The Labute approximate surface area is 337 Å². The van der Waals surface area contributed by atoms with Gasteiger partial charge in [0, 0.05) is 6.54 Å². The Morgan fingerprint density at radius 2 is 1.04 bits per heavy atom. The number of hydrogen-bond acceptors (Lipinski definition) is 7. The third-order valence-electron chi connectivity index (χ3n) is 9.66. The predicted molar refractivity (Wildman–Crippen MR) is 232 cm³/mol. The van der Waals surface area contributed by atoms with Gasteiger partial charge in [-0.1, -0.05) is 165 Å². The van der Waals surface area contributed by atoms with Crippen molar-refractivity contribution in [3.05, 3.63) is 48.6 Å². The Hall–Kier alpha value is -1.58. The standard InChI is InChI=1S/C45H85N2O7P/c1-3-5-7-9-11-13-15-17-18-19-20-21-22-23-25-27-29-31-33-35-37-44(49)43(41-54-55(51,52)53-39-38-46)47-45(50)40-42(48)36-34-32-30-28-26-24-16-14-12-10-8-6-4-2/h14,16,21-22,27,29,35,37,42-44,48-49H,3-13,15,17-20,23-26,28,30-34,36,38-41,46H2,1-2H3,(H,47,50)(H,51,52)/b16-14-,22-21+,29-27+,37-35+. The Morgan fingerprint density at radius 1 is 0.618 bits per heavy atom. The molecule has 0 aromatic heterocycles. The molecule has 0 saturated heterocycles. The second kappa shape index (κ2) is 40.6. The van der Waals surface area contributed by atoms with Crippen molar-refractivity contribution < 1.29 is 33.5 Å². The topological polar surface area (TPSA) is 151 Å². The molecule has 55 heavy (non-hydrogen) atoms. The number of amides is 1. The molecule has 6 N–H and O–H groups in total. The first-order chi connectivity index (χ1) is 26.8. The molecule has 9 nitrogen and oxygen atoms in total. The van der Waals surface area contributed by atoms with Crippen LogP contribution in [0.4, 0.5) is 0 Å². The van der Waals surface area contributed by atoms with Crippen LogP contribution in [0.25, 0.3) is 0 Å². The zero-order valence-corrected chi connectivity index (χ0v) is 36.2. The third kappa shape index (κ3) is 39.0. The van der Waals surface area contributed by atoms with E-state index in [0.717, 1.165) is 57.8 Å². The number of aliphatic hydroxyl groups is 2. The lowest BCUT2D eigenvalue weighted by atomic mass is 10.0. The SMILES string of the molecule is CCCCCC/C=C\CCCCCCCC(O)CC(=O)NC(COP(=O)(O)OCCN)C(O)/C=C/CC/C=C/CC/C=C/CCCCCCCCCCCC. The van der Waals surface area contributed by atoms with Gasteiger partial charge in [-0.2, -0.15) is 0 Å². The van der Waals surface area contributed by atoms with Gasteiger partial charge in [0.25, 0.3) is 0 Å². The lowest BCUT2D eigenvalue weighted by Crippen LogP contribution is -2.46. The lowest BCUT2D eigenvalue weighted by molar-refractivity contribution is -0.124. The molecule has 4 unspecified atom stereocenters. The van der Waals surface area contributed by atoms with Gasteiger partial charge in [0.2, 0.25) is 5.91 Å². The van der Waals surface area contributed by atoms with Crippen LogP contribution in [0.2, 0.25) is 0 Å². The van der Waals surface area contributed by atoms with Gasteiger partial charge in [0.15, 0.2) is 0 Å². The van der Waals surface area contributed by atoms with Gasteiger partial charge in [-0.15, -0.1) is 0 Å². The summed E-state index contributed by atoms with van der Waals surface area (Å²) in [5, 5.41) is 24.0. The van der Waals surface area contributed by atoms with E-state index in [2.05, 4.69) is 55.6 Å². The quantitative estimate of drug-likeness (QED) is 0.0233. The fourth-order valence-electron chi connectivity index (χ4n) is 6.26. The van der Waals surface area contributed by atoms with E-state index in [4.69, 9.17) is 14.8 Å². The average Bonchev–Trinajstić information content (AvgIpc) is 3.16. The Kier molecular flexibility index (Phi) is 39.4. The van der Waals surface area contributed by atoms with E-state index in [0.29, 0.717) is 12.8 Å². The summed E-state index contributed by atoms with van der Waals surface area (Å²) >= 11 is 0. The van der Waals surface area contributed by atoms with Gasteiger partial charge in [0.05, 0.1) is 37.9 Å². The molecule has 0 spiro atoms. The molecule has 1 amide bonds. The molecule has 0 aliphatic heterocycles. The fraction of sp³-hybridized carbons (Fsp3) is 0.800. The Balaban J connectivity index is 4.41. The summed E-state index contributed by atoms with van der Waals surface area (Å²) in [6, 6.07) is -1.01. The number of nitrogens with two attached hydrogens (primary N) is 1. The lowest BCUT2D eigenvalue weighted by Gasteiger charge is -2.24. The Bertz CT molecular complexity index is 1020. The van der Waals surface area contributed by atoms with Gasteiger partial charge in [-0.25, -0.2) is 4.57 Å². The molecule has 322 valence electrons. The van der Waals surface area contributed by atoms with Crippen molar-refractivity contribution in [2.24, 2.45) is 5.73 Å². The van der Waals surface area contributed by atoms with Gasteiger partial charge >= 0.3 is 7.82 Å². The van der Waals surface area contributed by atoms with Crippen molar-refractivity contribution in [1.82, 2.24) is 5.32 Å². The van der Waals surface area contributed by atoms with E-state index in [1.54, 1.807) is 6.08 Å². The highest BCUT2D eigenvalue weighted by Gasteiger charge is 2.27. The molecule has 0 aliphatic rings. The number of unbranched alkanes of at least 4 members (excludes halogenated alkanes) is 21. The first kappa shape index (κ1) is 53.4. The minimum Gasteiger partial charge on any atom is -0.393 e. The van der Waals surface area contributed by atoms with E-state index < -0.39 is 38.6 Å². The monoisotopic (exact) mass is 797 g/mol. The van der Waals surface area contributed by atoms with Gasteiger partial charge in [-0.3, -0.25) is 13.8 Å². The van der Waals surface area contributed by atoms with Gasteiger partial charge in [0.1, 0.15) is 0 Å². The molecule has 0 rings (SSSR count). The van der Waals surface area contributed by atoms with E-state index in [9.17, 15) is 24.5 Å². The number of carbonyl (C=O) groups excluding carboxylic acids is 1. The summed E-state index contributed by atoms with van der Waals surface area (Å²) in [6.07, 6.45) is 46.3. The van der Waals surface area contributed by atoms with Gasteiger partial charge < -0.3 is 26.2 Å². The maximum absolute atomic E-state index is 12.8. The van der Waals surface area contributed by atoms with Gasteiger partial charge in [-0.05, 0) is 70.6 Å². The summed E-state index contributed by atoms with van der Waals surface area (Å²) in [4.78, 5) is 22.7. The Morgan fingerprint density at radius 3 is 1.53 bits per heavy atom. The number of carbonyl (C=O) groups is 1. The predicted octanol–water partition coefficient (Wildman–Crippen LogP) is 11.5. The van der Waals surface area contributed by atoms with Crippen molar-refractivity contribution in [2.45, 2.75) is 212 Å². The van der Waals surface area contributed by atoms with Crippen LogP contribution < -0.4 is 11.1 Å². The van der Waals surface area contributed by atoms with E-state index in [1.165, 1.54) is 103 Å². The molecule has 0 aromatic carbocycles. The molecule has 4 atom stereocenters. The van der Waals surface area contributed by atoms with Crippen LogP contribution in [0.15, 0.2) is 48.6 Å². The van der Waals surface area contributed by atoms with Crippen LogP contribution in [-0.4, -0.2) is 59.0 Å². The second-order valence-electron chi connectivity index (χ2n) is 15.1. The minimum absolute atomic E-state index is 0.0402. The second-order valence-corrected chi connectivity index (χ2v) is 16.5. The summed E-state index contributed by atoms with van der Waals surface area (Å²) in [6.45, 7) is 3.92. The van der Waals surface area contributed by atoms with Crippen LogP contribution in [-0.2, 0) is 18.4 Å². The summed E-state index contributed by atoms with van der Waals surface area (Å²) < 4.78 is 22.1. The number of nitrogens with one attached hydrogen (secondary N) is 1. The van der Waals surface area contributed by atoms with Crippen molar-refractivity contribution >= 4 is 13.7 Å². The summed E-state index contributed by atoms with van der Waals surface area (Å²) in [5.74, 6) is -0.467. The number of phosphoric acid groups is 1. The first-order valence-corrected chi connectivity index (χ1v) is 23.8. The van der Waals surface area contributed by atoms with Crippen molar-refractivity contribution in [1.29, 1.82) is 0 Å². The largest absolute Gasteiger partial charge is 0.472 e. The molecule has 0 bridgehead atoms. The van der Waals surface area contributed by atoms with E-state index >= 15 is 0 Å². The molecule has 0 saturated carbocycles. The van der Waals surface area contributed by atoms with Crippen LogP contribution in [0.5, 0.6) is 0 Å². The first-order valence-electron chi connectivity index (χ1n) is 22.3. The number of phosphoric ester groups is 1. The van der Waals surface area contributed by atoms with Crippen molar-refractivity contribution in [2.75, 3.05) is 19.8 Å². The zero-order chi connectivity index (χ0) is 40.5. The van der Waals surface area contributed by atoms with E-state index in [-0.39, 0.29) is 19.6 Å². The highest BCUT2D eigenvalue weighted by Crippen LogP contribution is 2.43. The maximum Gasteiger partial charge on any atom is 0.472 e. The molecular formula is C45H85N2O7P. The third-order valence-corrected chi connectivity index (χ3v) is 10.6. The minimum atomic E-state index is -4.41. The number of rotatable bonds is 41. The van der Waals surface area contributed by atoms with Crippen molar-refractivity contribution in [3.8, 4) is 0 Å². The molecule has 0 radical (unpaired) electrons. The van der Waals surface area contributed by atoms with E-state index in [1.807, 2.05) is 6.08 Å². The summed E-state index contributed by atoms with van der Waals surface area (Å²) in [5.41, 5.74) is 5.36. The molecule has 0 fully saturated rings. The average molecular weight is 797 g/mol. The highest BCUT2D eigenvalue weighted by atomic mass is 31.2. The highest BCUT2D eigenvalue weighted by molar-refractivity contribution is 7.47. The number of hydrogen-bond donors (Lipinski definition) is 5. The fourth-order valence-corrected chi connectivity index (χ4v) is 7.02. The molecule has 0 aromatic rings. The molecule has 0 heterocycles. The molecule has 10 heteroatoms. The van der Waals surface area contributed by atoms with Crippen molar-refractivity contribution in [3.63, 3.8) is 0 Å². The maximum atomic E-state index is 12.8. The smallest absolute Gasteiger partial charge is 0.393 e. The molecular weight excluding hydrogens is 711 g/mol. The number of allylic oxidation sites excluding steroid dienone is 7. The molecule has 0 aliphatic carbocycles.